The number of thiophene rings is 1. The maximum atomic E-state index is 11.5. The first-order valence-corrected chi connectivity index (χ1v) is 8.93. The Balaban J connectivity index is 1.95. The van der Waals surface area contributed by atoms with E-state index >= 15 is 0 Å². The summed E-state index contributed by atoms with van der Waals surface area (Å²) in [7, 11) is 0. The van der Waals surface area contributed by atoms with Gasteiger partial charge in [-0.15, -0.1) is 11.3 Å². The Morgan fingerprint density at radius 2 is 2.08 bits per heavy atom. The molecule has 1 aromatic heterocycles. The van der Waals surface area contributed by atoms with Crippen LogP contribution in [0.3, 0.4) is 0 Å². The fourth-order valence-corrected chi connectivity index (χ4v) is 3.53. The van der Waals surface area contributed by atoms with Gasteiger partial charge >= 0.3 is 0 Å². The summed E-state index contributed by atoms with van der Waals surface area (Å²) >= 11 is 13.8. The lowest BCUT2D eigenvalue weighted by atomic mass is 10.0. The molecule has 1 amide bonds. The molecular weight excluding hydrogens is 383 g/mol. The predicted octanol–water partition coefficient (Wildman–Crippen LogP) is 2.94. The summed E-state index contributed by atoms with van der Waals surface area (Å²) in [5.41, 5.74) is 7.33. The summed E-state index contributed by atoms with van der Waals surface area (Å²) in [6.45, 7) is 1.58. The molecule has 0 aliphatic carbocycles. The molecule has 6 nitrogen and oxygen atoms in total. The highest BCUT2D eigenvalue weighted by Crippen LogP contribution is 2.37. The van der Waals surface area contributed by atoms with Gasteiger partial charge in [-0.1, -0.05) is 41.4 Å². The fraction of sp³-hybridized carbons (Fsp3) is 0.188. The number of aliphatic hydroxyl groups is 1. The van der Waals surface area contributed by atoms with Crippen molar-refractivity contribution in [2.24, 2.45) is 9.98 Å². The molecule has 1 atom stereocenters. The van der Waals surface area contributed by atoms with Crippen molar-refractivity contribution in [3.8, 4) is 0 Å². The third-order valence-electron chi connectivity index (χ3n) is 3.40. The molecule has 1 aliphatic heterocycles. The SMILES string of the molecule is CC(O)C(=O)NNC1=Nc2sc(Cl)cc2C(c2ccccc2Cl)=NC1. The number of aliphatic hydroxyl groups excluding tert-OH is 1. The number of carbonyl (C=O) groups excluding carboxylic acids is 1. The van der Waals surface area contributed by atoms with Crippen LogP contribution >= 0.6 is 34.5 Å². The van der Waals surface area contributed by atoms with Crippen molar-refractivity contribution in [3.63, 3.8) is 0 Å². The van der Waals surface area contributed by atoms with Gasteiger partial charge in [-0.05, 0) is 19.1 Å². The zero-order chi connectivity index (χ0) is 18.0. The molecule has 2 heterocycles. The van der Waals surface area contributed by atoms with Crippen molar-refractivity contribution < 1.29 is 9.90 Å². The third kappa shape index (κ3) is 4.01. The molecule has 1 aromatic carbocycles. The van der Waals surface area contributed by atoms with Gasteiger partial charge in [0, 0.05) is 16.1 Å². The Hall–Kier alpha value is -1.93. The van der Waals surface area contributed by atoms with Crippen LogP contribution in [0.1, 0.15) is 18.1 Å². The van der Waals surface area contributed by atoms with Gasteiger partial charge in [0.15, 0.2) is 0 Å². The van der Waals surface area contributed by atoms with Crippen LogP contribution < -0.4 is 10.9 Å². The number of benzene rings is 1. The number of halogens is 2. The Morgan fingerprint density at radius 1 is 1.32 bits per heavy atom. The number of fused-ring (bicyclic) bond motifs is 1. The number of hydrazine groups is 1. The van der Waals surface area contributed by atoms with Gasteiger partial charge in [-0.2, -0.15) is 0 Å². The molecule has 0 bridgehead atoms. The molecule has 2 aromatic rings. The lowest BCUT2D eigenvalue weighted by molar-refractivity contribution is -0.129. The van der Waals surface area contributed by atoms with Gasteiger partial charge in [0.25, 0.3) is 5.91 Å². The Bertz CT molecular complexity index is 877. The molecule has 25 heavy (non-hydrogen) atoms. The van der Waals surface area contributed by atoms with Gasteiger partial charge in [0.05, 0.1) is 16.6 Å². The summed E-state index contributed by atoms with van der Waals surface area (Å²) in [6.07, 6.45) is -1.13. The maximum absolute atomic E-state index is 11.5. The second kappa shape index (κ2) is 7.53. The van der Waals surface area contributed by atoms with E-state index in [0.29, 0.717) is 25.9 Å². The monoisotopic (exact) mass is 396 g/mol. The average Bonchev–Trinajstić information content (AvgIpc) is 2.85. The van der Waals surface area contributed by atoms with Crippen LogP contribution in [-0.4, -0.2) is 35.2 Å². The summed E-state index contributed by atoms with van der Waals surface area (Å²) in [4.78, 5) is 20.6. The standard InChI is InChI=1S/C16H14Cl2N4O2S/c1-8(23)15(24)22-21-13-7-19-14(9-4-2-3-5-11(9)17)10-6-12(18)25-16(10)20-13/h2-6,8,23H,7H2,1H3,(H,20,21)(H,22,24). The van der Waals surface area contributed by atoms with Crippen molar-refractivity contribution >= 4 is 57.0 Å². The zero-order valence-electron chi connectivity index (χ0n) is 13.1. The second-order valence-electron chi connectivity index (χ2n) is 5.26. The number of amidine groups is 1. The van der Waals surface area contributed by atoms with E-state index in [9.17, 15) is 9.90 Å². The van der Waals surface area contributed by atoms with Gasteiger partial charge in [-0.25, -0.2) is 4.99 Å². The van der Waals surface area contributed by atoms with Crippen LogP contribution in [-0.2, 0) is 4.79 Å². The zero-order valence-corrected chi connectivity index (χ0v) is 15.4. The topological polar surface area (TPSA) is 86.1 Å². The lowest BCUT2D eigenvalue weighted by Gasteiger charge is -2.10. The Kier molecular flexibility index (Phi) is 5.39. The second-order valence-corrected chi connectivity index (χ2v) is 7.33. The van der Waals surface area contributed by atoms with Crippen LogP contribution in [0.5, 0.6) is 0 Å². The third-order valence-corrected chi connectivity index (χ3v) is 4.89. The van der Waals surface area contributed by atoms with Crippen molar-refractivity contribution in [2.45, 2.75) is 13.0 Å². The van der Waals surface area contributed by atoms with E-state index in [1.165, 1.54) is 18.3 Å². The largest absolute Gasteiger partial charge is 0.383 e. The van der Waals surface area contributed by atoms with Crippen LogP contribution in [0.15, 0.2) is 40.3 Å². The van der Waals surface area contributed by atoms with Crippen LogP contribution in [0.2, 0.25) is 9.36 Å². The van der Waals surface area contributed by atoms with Crippen LogP contribution in [0.25, 0.3) is 0 Å². The normalized spacial score (nSPS) is 14.7. The Labute approximate surface area is 158 Å². The highest BCUT2D eigenvalue weighted by atomic mass is 35.5. The minimum absolute atomic E-state index is 0.208. The van der Waals surface area contributed by atoms with E-state index in [4.69, 9.17) is 23.2 Å². The molecule has 9 heteroatoms. The van der Waals surface area contributed by atoms with Gasteiger partial charge < -0.3 is 5.11 Å². The van der Waals surface area contributed by atoms with Gasteiger partial charge in [0.1, 0.15) is 16.9 Å². The minimum Gasteiger partial charge on any atom is -0.383 e. The van der Waals surface area contributed by atoms with E-state index in [1.807, 2.05) is 18.2 Å². The van der Waals surface area contributed by atoms with Crippen LogP contribution in [0.4, 0.5) is 5.00 Å². The number of amides is 1. The van der Waals surface area contributed by atoms with E-state index in [0.717, 1.165) is 11.1 Å². The number of nitrogens with one attached hydrogen (secondary N) is 2. The number of aliphatic imine (C=N–C) groups is 2. The number of carbonyl (C=O) groups is 1. The minimum atomic E-state index is -1.13. The average molecular weight is 397 g/mol. The van der Waals surface area contributed by atoms with E-state index in [-0.39, 0.29) is 6.54 Å². The lowest BCUT2D eigenvalue weighted by Crippen LogP contribution is -2.46. The van der Waals surface area contributed by atoms with Crippen LogP contribution in [0, 0.1) is 0 Å². The van der Waals surface area contributed by atoms with Crippen molar-refractivity contribution in [3.05, 3.63) is 50.8 Å². The van der Waals surface area contributed by atoms with E-state index in [1.54, 1.807) is 12.1 Å². The number of hydrogen-bond acceptors (Lipinski definition) is 6. The van der Waals surface area contributed by atoms with Crippen molar-refractivity contribution in [2.75, 3.05) is 6.54 Å². The molecule has 0 radical (unpaired) electrons. The number of nitrogens with zero attached hydrogens (tertiary/aromatic N) is 2. The molecule has 1 unspecified atom stereocenters. The number of rotatable bonds is 2. The summed E-state index contributed by atoms with van der Waals surface area (Å²) in [6, 6.07) is 9.19. The maximum Gasteiger partial charge on any atom is 0.266 e. The highest BCUT2D eigenvalue weighted by Gasteiger charge is 2.21. The Morgan fingerprint density at radius 3 is 2.80 bits per heavy atom. The molecular formula is C16H14Cl2N4O2S. The number of hydrogen-bond donors (Lipinski definition) is 3. The molecule has 0 saturated carbocycles. The molecule has 1 aliphatic rings. The molecule has 130 valence electrons. The molecule has 0 fully saturated rings. The summed E-state index contributed by atoms with van der Waals surface area (Å²) in [5, 5.41) is 10.5. The van der Waals surface area contributed by atoms with E-state index < -0.39 is 12.0 Å². The smallest absolute Gasteiger partial charge is 0.266 e. The first-order chi connectivity index (χ1) is 12.0. The van der Waals surface area contributed by atoms with Gasteiger partial charge in [0.2, 0.25) is 0 Å². The molecule has 0 saturated heterocycles. The highest BCUT2D eigenvalue weighted by molar-refractivity contribution is 7.20. The summed E-state index contributed by atoms with van der Waals surface area (Å²) < 4.78 is 0.572. The molecule has 0 spiro atoms. The van der Waals surface area contributed by atoms with Crippen molar-refractivity contribution in [1.82, 2.24) is 10.9 Å². The molecule has 3 rings (SSSR count). The summed E-state index contributed by atoms with van der Waals surface area (Å²) in [5.74, 6) is -0.137. The van der Waals surface area contributed by atoms with Gasteiger partial charge in [-0.3, -0.25) is 20.6 Å². The first-order valence-electron chi connectivity index (χ1n) is 7.36. The fourth-order valence-electron chi connectivity index (χ4n) is 2.19. The predicted molar refractivity (Wildman–Crippen MR) is 101 cm³/mol. The quantitative estimate of drug-likeness (QED) is 0.682. The first kappa shape index (κ1) is 17.9. The molecule has 3 N–H and O–H groups in total. The van der Waals surface area contributed by atoms with Crippen molar-refractivity contribution in [1.29, 1.82) is 0 Å². The van der Waals surface area contributed by atoms with E-state index in [2.05, 4.69) is 20.8 Å².